The molecule has 23 heavy (non-hydrogen) atoms. The first-order chi connectivity index (χ1) is 11.3. The Balaban J connectivity index is 1.42. The molecule has 1 N–H and O–H groups in total. The molecule has 1 atom stereocenters. The van der Waals surface area contributed by atoms with E-state index in [1.807, 2.05) is 0 Å². The highest BCUT2D eigenvalue weighted by molar-refractivity contribution is 5.14. The second-order valence-electron chi connectivity index (χ2n) is 7.34. The molecule has 3 nitrogen and oxygen atoms in total. The molecule has 2 aliphatic heterocycles. The summed E-state index contributed by atoms with van der Waals surface area (Å²) in [5, 5.41) is 3.97. The van der Waals surface area contributed by atoms with E-state index in [2.05, 4.69) is 52.4 Å². The molecule has 0 amide bonds. The molecule has 1 unspecified atom stereocenters. The van der Waals surface area contributed by atoms with Gasteiger partial charge in [-0.05, 0) is 63.8 Å². The molecule has 2 saturated heterocycles. The van der Waals surface area contributed by atoms with Crippen LogP contribution in [-0.4, -0.2) is 54.6 Å². The zero-order valence-corrected chi connectivity index (χ0v) is 14.7. The number of benzene rings is 1. The van der Waals surface area contributed by atoms with Crippen molar-refractivity contribution >= 4 is 0 Å². The fraction of sp³-hybridized carbons (Fsp3) is 0.700. The largest absolute Gasteiger partial charge is 0.310 e. The third-order valence-electron chi connectivity index (χ3n) is 5.35. The van der Waals surface area contributed by atoms with Crippen LogP contribution in [0.1, 0.15) is 44.6 Å². The molecule has 2 fully saturated rings. The molecular formula is C20H33N3. The Morgan fingerprint density at radius 2 is 1.74 bits per heavy atom. The molecule has 0 spiro atoms. The molecule has 0 radical (unpaired) electrons. The lowest BCUT2D eigenvalue weighted by atomic mass is 9.99. The summed E-state index contributed by atoms with van der Waals surface area (Å²) in [6.07, 6.45) is 6.62. The van der Waals surface area contributed by atoms with Gasteiger partial charge in [0.2, 0.25) is 0 Å². The van der Waals surface area contributed by atoms with Gasteiger partial charge in [-0.3, -0.25) is 4.90 Å². The minimum absolute atomic E-state index is 0.690. The Labute approximate surface area is 142 Å². The van der Waals surface area contributed by atoms with Gasteiger partial charge in [-0.25, -0.2) is 0 Å². The lowest BCUT2D eigenvalue weighted by molar-refractivity contribution is 0.149. The third kappa shape index (κ3) is 5.30. The van der Waals surface area contributed by atoms with E-state index in [0.29, 0.717) is 6.04 Å². The summed E-state index contributed by atoms with van der Waals surface area (Å²) in [4.78, 5) is 5.25. The minimum atomic E-state index is 0.690. The predicted molar refractivity (Wildman–Crippen MR) is 97.6 cm³/mol. The van der Waals surface area contributed by atoms with Gasteiger partial charge in [-0.15, -0.1) is 0 Å². The first kappa shape index (κ1) is 16.9. The van der Waals surface area contributed by atoms with Crippen molar-refractivity contribution < 1.29 is 0 Å². The maximum absolute atomic E-state index is 3.97. The van der Waals surface area contributed by atoms with E-state index < -0.39 is 0 Å². The smallest absolute Gasteiger partial charge is 0.0234 e. The topological polar surface area (TPSA) is 18.5 Å². The first-order valence-electron chi connectivity index (χ1n) is 9.58. The van der Waals surface area contributed by atoms with Gasteiger partial charge in [0, 0.05) is 25.2 Å². The molecule has 0 aliphatic carbocycles. The first-order valence-corrected chi connectivity index (χ1v) is 9.58. The highest BCUT2D eigenvalue weighted by atomic mass is 15.2. The van der Waals surface area contributed by atoms with Gasteiger partial charge < -0.3 is 10.2 Å². The van der Waals surface area contributed by atoms with Crippen LogP contribution in [0.5, 0.6) is 0 Å². The Bertz CT molecular complexity index is 439. The maximum atomic E-state index is 3.97. The average molecular weight is 316 g/mol. The molecule has 2 aliphatic rings. The van der Waals surface area contributed by atoms with Crippen LogP contribution in [0.15, 0.2) is 30.3 Å². The Hall–Kier alpha value is -0.900. The molecule has 1 aromatic rings. The summed E-state index contributed by atoms with van der Waals surface area (Å²) in [5.74, 6) is 0. The number of piperidine rings is 2. The van der Waals surface area contributed by atoms with Gasteiger partial charge in [0.1, 0.15) is 0 Å². The van der Waals surface area contributed by atoms with Crippen LogP contribution in [0.3, 0.4) is 0 Å². The van der Waals surface area contributed by atoms with E-state index >= 15 is 0 Å². The van der Waals surface area contributed by atoms with Crippen molar-refractivity contribution in [1.82, 2.24) is 15.1 Å². The Morgan fingerprint density at radius 1 is 0.957 bits per heavy atom. The lowest BCUT2D eigenvalue weighted by Gasteiger charge is -2.38. The van der Waals surface area contributed by atoms with Gasteiger partial charge in [0.15, 0.2) is 0 Å². The standard InChI is InChI=1S/C20H33N3/c1-2-12-22-14-10-19(11-15-22)21-20-9-6-13-23(17-20)16-18-7-4-3-5-8-18/h3-5,7-8,19-21H,2,6,9-17H2,1H3. The average Bonchev–Trinajstić information content (AvgIpc) is 2.58. The summed E-state index contributed by atoms with van der Waals surface area (Å²) in [6.45, 7) is 9.70. The lowest BCUT2D eigenvalue weighted by Crippen LogP contribution is -2.51. The summed E-state index contributed by atoms with van der Waals surface area (Å²) in [7, 11) is 0. The van der Waals surface area contributed by atoms with Crippen LogP contribution in [0.2, 0.25) is 0 Å². The molecular weight excluding hydrogens is 282 g/mol. The number of rotatable bonds is 6. The van der Waals surface area contributed by atoms with Gasteiger partial charge in [-0.2, -0.15) is 0 Å². The van der Waals surface area contributed by atoms with Gasteiger partial charge in [0.25, 0.3) is 0 Å². The van der Waals surface area contributed by atoms with Crippen LogP contribution < -0.4 is 5.32 Å². The number of hydrogen-bond acceptors (Lipinski definition) is 3. The van der Waals surface area contributed by atoms with Crippen LogP contribution in [0.4, 0.5) is 0 Å². The zero-order valence-electron chi connectivity index (χ0n) is 14.7. The highest BCUT2D eigenvalue weighted by Gasteiger charge is 2.24. The summed E-state index contributed by atoms with van der Waals surface area (Å²) < 4.78 is 0. The number of nitrogens with zero attached hydrogens (tertiary/aromatic N) is 2. The molecule has 0 bridgehead atoms. The van der Waals surface area contributed by atoms with E-state index in [1.54, 1.807) is 0 Å². The fourth-order valence-corrected chi connectivity index (χ4v) is 4.15. The summed E-state index contributed by atoms with van der Waals surface area (Å²) in [6, 6.07) is 12.3. The molecule has 0 saturated carbocycles. The molecule has 128 valence electrons. The van der Waals surface area contributed by atoms with Crippen molar-refractivity contribution in [2.45, 2.75) is 57.7 Å². The van der Waals surface area contributed by atoms with E-state index in [4.69, 9.17) is 0 Å². The minimum Gasteiger partial charge on any atom is -0.310 e. The van der Waals surface area contributed by atoms with Gasteiger partial charge >= 0.3 is 0 Å². The van der Waals surface area contributed by atoms with Crippen LogP contribution >= 0.6 is 0 Å². The maximum Gasteiger partial charge on any atom is 0.0234 e. The number of likely N-dealkylation sites (tertiary alicyclic amines) is 2. The van der Waals surface area contributed by atoms with Crippen LogP contribution in [-0.2, 0) is 6.54 Å². The zero-order chi connectivity index (χ0) is 15.9. The van der Waals surface area contributed by atoms with E-state index in [9.17, 15) is 0 Å². The van der Waals surface area contributed by atoms with Crippen LogP contribution in [0.25, 0.3) is 0 Å². The van der Waals surface area contributed by atoms with Crippen molar-refractivity contribution in [3.63, 3.8) is 0 Å². The predicted octanol–water partition coefficient (Wildman–Crippen LogP) is 3.12. The van der Waals surface area contributed by atoms with Crippen molar-refractivity contribution in [2.75, 3.05) is 32.7 Å². The normalized spacial score (nSPS) is 24.8. The molecule has 2 heterocycles. The highest BCUT2D eigenvalue weighted by Crippen LogP contribution is 2.17. The molecule has 1 aromatic carbocycles. The number of hydrogen-bond donors (Lipinski definition) is 1. The van der Waals surface area contributed by atoms with Gasteiger partial charge in [-0.1, -0.05) is 37.3 Å². The van der Waals surface area contributed by atoms with E-state index in [0.717, 1.165) is 12.6 Å². The molecule has 0 aromatic heterocycles. The fourth-order valence-electron chi connectivity index (χ4n) is 4.15. The van der Waals surface area contributed by atoms with Gasteiger partial charge in [0.05, 0.1) is 0 Å². The number of nitrogens with one attached hydrogen (secondary N) is 1. The summed E-state index contributed by atoms with van der Waals surface area (Å²) in [5.41, 5.74) is 1.45. The quantitative estimate of drug-likeness (QED) is 0.870. The molecule has 3 rings (SSSR count). The summed E-state index contributed by atoms with van der Waals surface area (Å²) >= 11 is 0. The molecule has 3 heteroatoms. The van der Waals surface area contributed by atoms with E-state index in [1.165, 1.54) is 70.4 Å². The van der Waals surface area contributed by atoms with Crippen molar-refractivity contribution in [3.05, 3.63) is 35.9 Å². The second-order valence-corrected chi connectivity index (χ2v) is 7.34. The van der Waals surface area contributed by atoms with Crippen molar-refractivity contribution in [3.8, 4) is 0 Å². The van der Waals surface area contributed by atoms with Crippen LogP contribution in [0, 0.1) is 0 Å². The monoisotopic (exact) mass is 315 g/mol. The SMILES string of the molecule is CCCN1CCC(NC2CCCN(Cc3ccccc3)C2)CC1. The van der Waals surface area contributed by atoms with E-state index in [-0.39, 0.29) is 0 Å². The third-order valence-corrected chi connectivity index (χ3v) is 5.35. The van der Waals surface area contributed by atoms with Crippen molar-refractivity contribution in [1.29, 1.82) is 0 Å². The van der Waals surface area contributed by atoms with Crippen molar-refractivity contribution in [2.24, 2.45) is 0 Å². The Morgan fingerprint density at radius 3 is 2.48 bits per heavy atom. The Kier molecular flexibility index (Phi) is 6.49. The second kappa shape index (κ2) is 8.81.